The Bertz CT molecular complexity index is 470. The zero-order valence-electron chi connectivity index (χ0n) is 9.69. The largest absolute Gasteiger partial charge is 0.222 e. The Morgan fingerprint density at radius 3 is 2.06 bits per heavy atom. The lowest BCUT2D eigenvalue weighted by atomic mass is 9.87. The molecule has 0 saturated heterocycles. The van der Waals surface area contributed by atoms with Crippen LogP contribution in [0.5, 0.6) is 0 Å². The van der Waals surface area contributed by atoms with E-state index in [1.165, 1.54) is 0 Å². The Kier molecular flexibility index (Phi) is 3.48. The first-order valence-electron chi connectivity index (χ1n) is 4.94. The highest BCUT2D eigenvalue weighted by Gasteiger charge is 2.17. The maximum absolute atomic E-state index is 11.6. The lowest BCUT2D eigenvalue weighted by Gasteiger charge is -2.18. The highest BCUT2D eigenvalue weighted by Crippen LogP contribution is 2.23. The summed E-state index contributed by atoms with van der Waals surface area (Å²) in [6.07, 6.45) is 0. The monoisotopic (exact) mass is 240 g/mol. The van der Waals surface area contributed by atoms with Crippen molar-refractivity contribution in [3.05, 3.63) is 29.8 Å². The predicted octanol–water partition coefficient (Wildman–Crippen LogP) is 2.75. The fourth-order valence-corrected chi connectivity index (χ4v) is 2.19. The zero-order valence-corrected chi connectivity index (χ0v) is 10.5. The van der Waals surface area contributed by atoms with E-state index in [1.54, 1.807) is 24.3 Å². The van der Waals surface area contributed by atoms with Gasteiger partial charge in [0.25, 0.3) is 0 Å². The van der Waals surface area contributed by atoms with Gasteiger partial charge in [0.15, 0.2) is 15.7 Å². The van der Waals surface area contributed by atoms with Gasteiger partial charge < -0.3 is 0 Å². The summed E-state index contributed by atoms with van der Waals surface area (Å²) in [5.74, 6) is -0.484. The van der Waals surface area contributed by atoms with Gasteiger partial charge in [0, 0.05) is 0 Å². The molecule has 0 aliphatic rings. The second kappa shape index (κ2) is 4.33. The summed E-state index contributed by atoms with van der Waals surface area (Å²) >= 11 is 0. The summed E-state index contributed by atoms with van der Waals surface area (Å²) in [5, 5.41) is 2.92. The van der Waals surface area contributed by atoms with Gasteiger partial charge in [-0.3, -0.25) is 0 Å². The highest BCUT2D eigenvalue weighted by molar-refractivity contribution is 7.91. The standard InChI is InChI=1S/C11H16N2O2S/c1-11(2,3)9-4-6-10(7-5-9)16(14,15)8-13-12/h4-7,12H,8H2,1-3H3. The minimum absolute atomic E-state index is 0.00207. The second-order valence-corrected chi connectivity index (χ2v) is 6.64. The van der Waals surface area contributed by atoms with Gasteiger partial charge >= 0.3 is 0 Å². The van der Waals surface area contributed by atoms with Crippen LogP contribution < -0.4 is 0 Å². The molecule has 0 saturated carbocycles. The van der Waals surface area contributed by atoms with E-state index in [9.17, 15) is 8.42 Å². The van der Waals surface area contributed by atoms with Crippen LogP contribution in [0.4, 0.5) is 0 Å². The highest BCUT2D eigenvalue weighted by atomic mass is 32.2. The van der Waals surface area contributed by atoms with E-state index in [0.717, 1.165) is 5.56 Å². The lowest BCUT2D eigenvalue weighted by Crippen LogP contribution is -2.11. The van der Waals surface area contributed by atoms with Crippen LogP contribution in [0, 0.1) is 5.53 Å². The summed E-state index contributed by atoms with van der Waals surface area (Å²) in [6.45, 7) is 6.20. The Labute approximate surface area is 96.1 Å². The van der Waals surface area contributed by atoms with E-state index < -0.39 is 15.7 Å². The van der Waals surface area contributed by atoms with Gasteiger partial charge in [0.2, 0.25) is 0 Å². The van der Waals surface area contributed by atoms with E-state index in [4.69, 9.17) is 5.53 Å². The molecule has 0 spiro atoms. The topological polar surface area (TPSA) is 70.3 Å². The minimum atomic E-state index is -3.43. The number of benzene rings is 1. The quantitative estimate of drug-likeness (QED) is 0.825. The zero-order chi connectivity index (χ0) is 12.4. The molecule has 1 aromatic carbocycles. The maximum Gasteiger partial charge on any atom is 0.200 e. The normalized spacial score (nSPS) is 12.4. The fourth-order valence-electron chi connectivity index (χ4n) is 1.32. The van der Waals surface area contributed by atoms with Crippen LogP contribution in [0.1, 0.15) is 26.3 Å². The average molecular weight is 240 g/mol. The molecule has 88 valence electrons. The number of nitrogens with one attached hydrogen (secondary N) is 1. The average Bonchev–Trinajstić information content (AvgIpc) is 2.16. The van der Waals surface area contributed by atoms with E-state index in [2.05, 4.69) is 25.9 Å². The third-order valence-electron chi connectivity index (χ3n) is 2.31. The molecular weight excluding hydrogens is 224 g/mol. The summed E-state index contributed by atoms with van der Waals surface area (Å²) in [7, 11) is -3.43. The van der Waals surface area contributed by atoms with Crippen LogP contribution in [0.2, 0.25) is 0 Å². The molecule has 0 unspecified atom stereocenters. The van der Waals surface area contributed by atoms with Crippen LogP contribution in [0.25, 0.3) is 0 Å². The Hall–Kier alpha value is -1.23. The Morgan fingerprint density at radius 2 is 1.69 bits per heavy atom. The fraction of sp³-hybridized carbons (Fsp3) is 0.455. The van der Waals surface area contributed by atoms with Crippen molar-refractivity contribution >= 4 is 9.84 Å². The third-order valence-corrected chi connectivity index (χ3v) is 3.77. The molecule has 1 rings (SSSR count). The van der Waals surface area contributed by atoms with Crippen molar-refractivity contribution in [1.82, 2.24) is 0 Å². The predicted molar refractivity (Wildman–Crippen MR) is 62.3 cm³/mol. The molecule has 0 bridgehead atoms. The van der Waals surface area contributed by atoms with Gasteiger partial charge in [-0.1, -0.05) is 32.9 Å². The van der Waals surface area contributed by atoms with Crippen molar-refractivity contribution in [3.8, 4) is 0 Å². The summed E-state index contributed by atoms with van der Waals surface area (Å²) in [6, 6.07) is 6.75. The molecule has 1 aromatic rings. The van der Waals surface area contributed by atoms with Crippen molar-refractivity contribution in [3.63, 3.8) is 0 Å². The molecule has 4 nitrogen and oxygen atoms in total. The molecule has 0 atom stereocenters. The van der Waals surface area contributed by atoms with Crippen LogP contribution in [-0.2, 0) is 15.3 Å². The second-order valence-electron chi connectivity index (χ2n) is 4.68. The molecule has 16 heavy (non-hydrogen) atoms. The van der Waals surface area contributed by atoms with Gasteiger partial charge in [-0.05, 0) is 23.1 Å². The smallest absolute Gasteiger partial charge is 0.200 e. The van der Waals surface area contributed by atoms with Crippen molar-refractivity contribution in [1.29, 1.82) is 5.53 Å². The van der Waals surface area contributed by atoms with Crippen molar-refractivity contribution in [2.45, 2.75) is 31.1 Å². The van der Waals surface area contributed by atoms with E-state index in [1.807, 2.05) is 0 Å². The van der Waals surface area contributed by atoms with Crippen LogP contribution in [-0.4, -0.2) is 14.3 Å². The van der Waals surface area contributed by atoms with E-state index in [0.29, 0.717) is 0 Å². The number of hydrogen-bond acceptors (Lipinski definition) is 4. The van der Waals surface area contributed by atoms with E-state index >= 15 is 0 Å². The van der Waals surface area contributed by atoms with Gasteiger partial charge in [0.05, 0.1) is 4.90 Å². The number of hydrogen-bond donors (Lipinski definition) is 1. The Balaban J connectivity index is 3.09. The first kappa shape index (κ1) is 12.8. The molecule has 5 heteroatoms. The van der Waals surface area contributed by atoms with Crippen LogP contribution in [0.3, 0.4) is 0 Å². The van der Waals surface area contributed by atoms with Crippen molar-refractivity contribution in [2.24, 2.45) is 5.11 Å². The third kappa shape index (κ3) is 2.88. The van der Waals surface area contributed by atoms with Crippen LogP contribution in [0.15, 0.2) is 34.3 Å². The molecule has 0 aliphatic heterocycles. The first-order valence-corrected chi connectivity index (χ1v) is 6.59. The molecule has 0 amide bonds. The maximum atomic E-state index is 11.6. The van der Waals surface area contributed by atoms with Gasteiger partial charge in [-0.15, -0.1) is 0 Å². The van der Waals surface area contributed by atoms with E-state index in [-0.39, 0.29) is 10.3 Å². The summed E-state index contributed by atoms with van der Waals surface area (Å²) < 4.78 is 23.2. The molecule has 0 fully saturated rings. The Morgan fingerprint density at radius 1 is 1.19 bits per heavy atom. The van der Waals surface area contributed by atoms with Crippen LogP contribution >= 0.6 is 0 Å². The molecule has 1 N–H and O–H groups in total. The van der Waals surface area contributed by atoms with Crippen molar-refractivity contribution < 1.29 is 8.42 Å². The van der Waals surface area contributed by atoms with Gasteiger partial charge in [0.1, 0.15) is 0 Å². The number of nitrogens with zero attached hydrogens (tertiary/aromatic N) is 1. The summed E-state index contributed by atoms with van der Waals surface area (Å²) in [5.41, 5.74) is 7.68. The SMILES string of the molecule is CC(C)(C)c1ccc(S(=O)(=O)CN=N)cc1. The number of sulfone groups is 1. The van der Waals surface area contributed by atoms with Gasteiger partial charge in [-0.2, -0.15) is 5.11 Å². The minimum Gasteiger partial charge on any atom is -0.222 e. The molecule has 0 heterocycles. The molecule has 0 aromatic heterocycles. The molecule has 0 aliphatic carbocycles. The molecule has 0 radical (unpaired) electrons. The van der Waals surface area contributed by atoms with Crippen molar-refractivity contribution in [2.75, 3.05) is 5.88 Å². The molecular formula is C11H16N2O2S. The first-order chi connectivity index (χ1) is 7.27. The summed E-state index contributed by atoms with van der Waals surface area (Å²) in [4.78, 5) is 0.219. The lowest BCUT2D eigenvalue weighted by molar-refractivity contribution is 0.586. The van der Waals surface area contributed by atoms with Gasteiger partial charge in [-0.25, -0.2) is 13.9 Å². The number of rotatable bonds is 3.